The van der Waals surface area contributed by atoms with Crippen LogP contribution >= 0.6 is 11.3 Å². The topological polar surface area (TPSA) is 84.0 Å². The van der Waals surface area contributed by atoms with Crippen LogP contribution in [0.5, 0.6) is 0 Å². The van der Waals surface area contributed by atoms with E-state index in [-0.39, 0.29) is 5.75 Å². The van der Waals surface area contributed by atoms with Gasteiger partial charge in [0.2, 0.25) is 10.0 Å². The van der Waals surface area contributed by atoms with Gasteiger partial charge in [0, 0.05) is 18.0 Å². The molecule has 1 saturated carbocycles. The Morgan fingerprint density at radius 1 is 1.21 bits per heavy atom. The Hall–Kier alpha value is -1.25. The lowest BCUT2D eigenvalue weighted by atomic mass is 9.86. The van der Waals surface area contributed by atoms with Crippen LogP contribution in [-0.4, -0.2) is 37.2 Å². The Kier molecular flexibility index (Phi) is 4.44. The highest BCUT2D eigenvalue weighted by Gasteiger charge is 2.22. The minimum Gasteiger partial charge on any atom is -0.368 e. The molecule has 0 aromatic carbocycles. The van der Waals surface area contributed by atoms with Crippen LogP contribution in [0.2, 0.25) is 0 Å². The van der Waals surface area contributed by atoms with Gasteiger partial charge in [-0.05, 0) is 43.6 Å². The van der Waals surface area contributed by atoms with Crippen LogP contribution in [0.1, 0.15) is 36.1 Å². The number of hydrogen-bond acceptors (Lipinski definition) is 6. The summed E-state index contributed by atoms with van der Waals surface area (Å²) in [5.41, 5.74) is 1.35. The third kappa shape index (κ3) is 3.27. The molecule has 0 unspecified atom stereocenters. The largest absolute Gasteiger partial charge is 0.368 e. The third-order valence-electron chi connectivity index (χ3n) is 4.98. The Labute approximate surface area is 146 Å². The molecule has 0 spiro atoms. The summed E-state index contributed by atoms with van der Waals surface area (Å²) in [7, 11) is -3.23. The molecule has 2 aliphatic rings. The molecule has 2 aromatic heterocycles. The molecule has 130 valence electrons. The number of sulfonamides is 1. The summed E-state index contributed by atoms with van der Waals surface area (Å²) in [6.07, 6.45) is 8.44. The molecule has 2 N–H and O–H groups in total. The number of hydrogen-bond donors (Lipinski definition) is 2. The van der Waals surface area contributed by atoms with Gasteiger partial charge in [-0.25, -0.2) is 23.1 Å². The highest BCUT2D eigenvalue weighted by molar-refractivity contribution is 7.89. The summed E-state index contributed by atoms with van der Waals surface area (Å²) >= 11 is 1.74. The lowest BCUT2D eigenvalue weighted by molar-refractivity contribution is 0.316. The molecular formula is C16H22N4O2S2. The fraction of sp³-hybridized carbons (Fsp3) is 0.625. The van der Waals surface area contributed by atoms with Crippen molar-refractivity contribution < 1.29 is 8.42 Å². The maximum Gasteiger partial charge on any atom is 0.213 e. The number of aromatic nitrogens is 2. The Balaban J connectivity index is 1.40. The number of aryl methyl sites for hydroxylation is 2. The highest BCUT2D eigenvalue weighted by atomic mass is 32.2. The first-order valence-electron chi connectivity index (χ1n) is 8.59. The average Bonchev–Trinajstić information content (AvgIpc) is 3.05. The SMILES string of the molecule is O=S(=O)(CCNc1ncnc2sc3c(c12)CCC3)NCC1CCC1. The Bertz CT molecular complexity index is 843. The number of rotatable bonds is 7. The van der Waals surface area contributed by atoms with Crippen LogP contribution in [0.25, 0.3) is 10.2 Å². The van der Waals surface area contributed by atoms with Crippen LogP contribution in [0.3, 0.4) is 0 Å². The quantitative estimate of drug-likeness (QED) is 0.786. The average molecular weight is 367 g/mol. The number of fused-ring (bicyclic) bond motifs is 3. The lowest BCUT2D eigenvalue weighted by Gasteiger charge is -2.25. The smallest absolute Gasteiger partial charge is 0.213 e. The second-order valence-corrected chi connectivity index (χ2v) is 9.66. The van der Waals surface area contributed by atoms with Gasteiger partial charge in [0.1, 0.15) is 17.0 Å². The fourth-order valence-corrected chi connectivity index (χ4v) is 5.61. The third-order valence-corrected chi connectivity index (χ3v) is 7.53. The van der Waals surface area contributed by atoms with Crippen molar-refractivity contribution in [3.63, 3.8) is 0 Å². The summed E-state index contributed by atoms with van der Waals surface area (Å²) in [4.78, 5) is 11.1. The molecule has 0 aliphatic heterocycles. The van der Waals surface area contributed by atoms with Gasteiger partial charge >= 0.3 is 0 Å². The summed E-state index contributed by atoms with van der Waals surface area (Å²) in [5.74, 6) is 1.37. The Morgan fingerprint density at radius 3 is 2.88 bits per heavy atom. The van der Waals surface area contributed by atoms with E-state index in [9.17, 15) is 8.42 Å². The zero-order chi connectivity index (χ0) is 16.6. The summed E-state index contributed by atoms with van der Waals surface area (Å²) < 4.78 is 26.9. The molecule has 8 heteroatoms. The molecule has 2 aromatic rings. The van der Waals surface area contributed by atoms with Crippen LogP contribution in [0.4, 0.5) is 5.82 Å². The van der Waals surface area contributed by atoms with Gasteiger partial charge in [-0.15, -0.1) is 11.3 Å². The van der Waals surface area contributed by atoms with Crippen molar-refractivity contribution in [2.75, 3.05) is 24.2 Å². The first-order valence-corrected chi connectivity index (χ1v) is 11.1. The van der Waals surface area contributed by atoms with Crippen molar-refractivity contribution in [2.45, 2.75) is 38.5 Å². The minimum absolute atomic E-state index is 0.0670. The molecule has 0 bridgehead atoms. The number of nitrogens with one attached hydrogen (secondary N) is 2. The Morgan fingerprint density at radius 2 is 2.08 bits per heavy atom. The minimum atomic E-state index is -3.23. The van der Waals surface area contributed by atoms with E-state index >= 15 is 0 Å². The first kappa shape index (κ1) is 16.2. The van der Waals surface area contributed by atoms with E-state index in [1.165, 1.54) is 23.3 Å². The van der Waals surface area contributed by atoms with Crippen molar-refractivity contribution >= 4 is 37.4 Å². The monoisotopic (exact) mass is 366 g/mol. The molecule has 0 amide bonds. The van der Waals surface area contributed by atoms with Gasteiger partial charge in [-0.1, -0.05) is 6.42 Å². The van der Waals surface area contributed by atoms with Gasteiger partial charge in [0.25, 0.3) is 0 Å². The van der Waals surface area contributed by atoms with Crippen LogP contribution in [0.15, 0.2) is 6.33 Å². The highest BCUT2D eigenvalue weighted by Crippen LogP contribution is 2.38. The van der Waals surface area contributed by atoms with E-state index in [0.29, 0.717) is 19.0 Å². The van der Waals surface area contributed by atoms with Gasteiger partial charge < -0.3 is 5.32 Å². The van der Waals surface area contributed by atoms with Crippen molar-refractivity contribution in [1.82, 2.24) is 14.7 Å². The van der Waals surface area contributed by atoms with E-state index in [2.05, 4.69) is 20.0 Å². The van der Waals surface area contributed by atoms with Crippen LogP contribution in [0, 0.1) is 5.92 Å². The molecule has 0 saturated heterocycles. The standard InChI is InChI=1S/C16H22N4O2S2/c21-24(22,20-9-11-3-1-4-11)8-7-17-15-14-12-5-2-6-13(12)23-16(14)19-10-18-15/h10-11,20H,1-9H2,(H,17,18,19). The second kappa shape index (κ2) is 6.57. The lowest BCUT2D eigenvalue weighted by Crippen LogP contribution is -2.35. The summed E-state index contributed by atoms with van der Waals surface area (Å²) in [6, 6.07) is 0. The molecule has 24 heavy (non-hydrogen) atoms. The zero-order valence-corrected chi connectivity index (χ0v) is 15.2. The molecule has 1 fully saturated rings. The van der Waals surface area contributed by atoms with Gasteiger partial charge in [0.05, 0.1) is 11.1 Å². The van der Waals surface area contributed by atoms with Crippen molar-refractivity contribution in [2.24, 2.45) is 5.92 Å². The molecular weight excluding hydrogens is 344 g/mol. The summed E-state index contributed by atoms with van der Waals surface area (Å²) in [5, 5.41) is 4.30. The van der Waals surface area contributed by atoms with E-state index in [0.717, 1.165) is 41.7 Å². The van der Waals surface area contributed by atoms with Gasteiger partial charge in [0.15, 0.2) is 0 Å². The molecule has 6 nitrogen and oxygen atoms in total. The van der Waals surface area contributed by atoms with Crippen molar-refractivity contribution in [1.29, 1.82) is 0 Å². The molecule has 0 atom stereocenters. The predicted octanol–water partition coefficient (Wildman–Crippen LogP) is 2.31. The molecule has 4 rings (SSSR count). The fourth-order valence-electron chi connectivity index (χ4n) is 3.38. The van der Waals surface area contributed by atoms with Gasteiger partial charge in [-0.2, -0.15) is 0 Å². The molecule has 2 heterocycles. The normalized spacial score (nSPS) is 17.8. The maximum absolute atomic E-state index is 12.1. The predicted molar refractivity (Wildman–Crippen MR) is 97.1 cm³/mol. The van der Waals surface area contributed by atoms with E-state index in [1.54, 1.807) is 17.7 Å². The maximum atomic E-state index is 12.1. The molecule has 0 radical (unpaired) electrons. The summed E-state index contributed by atoms with van der Waals surface area (Å²) in [6.45, 7) is 0.939. The van der Waals surface area contributed by atoms with Crippen molar-refractivity contribution in [3.8, 4) is 0 Å². The van der Waals surface area contributed by atoms with Gasteiger partial charge in [-0.3, -0.25) is 0 Å². The van der Waals surface area contributed by atoms with E-state index < -0.39 is 10.0 Å². The van der Waals surface area contributed by atoms with Crippen LogP contribution < -0.4 is 10.0 Å². The zero-order valence-electron chi connectivity index (χ0n) is 13.5. The van der Waals surface area contributed by atoms with E-state index in [1.807, 2.05) is 0 Å². The van der Waals surface area contributed by atoms with E-state index in [4.69, 9.17) is 0 Å². The number of nitrogens with zero attached hydrogens (tertiary/aromatic N) is 2. The molecule has 2 aliphatic carbocycles. The second-order valence-electron chi connectivity index (χ2n) is 6.65. The first-order chi connectivity index (χ1) is 11.6. The van der Waals surface area contributed by atoms with Crippen LogP contribution in [-0.2, 0) is 22.9 Å². The van der Waals surface area contributed by atoms with Crippen molar-refractivity contribution in [3.05, 3.63) is 16.8 Å². The number of thiophene rings is 1. The number of anilines is 1.